The van der Waals surface area contributed by atoms with Crippen LogP contribution in [0.3, 0.4) is 0 Å². The van der Waals surface area contributed by atoms with Gasteiger partial charge in [0, 0.05) is 95.3 Å². The highest BCUT2D eigenvalue weighted by Gasteiger charge is 2.49. The van der Waals surface area contributed by atoms with Gasteiger partial charge in [0.05, 0.1) is 22.5 Å². The number of allylic oxidation sites excluding steroid dienone is 6. The summed E-state index contributed by atoms with van der Waals surface area (Å²) in [5, 5.41) is 21.9. The number of unbranched alkanes of at least 4 members (excludes halogenated alkanes) is 6. The zero-order valence-electron chi connectivity index (χ0n) is 45.7. The highest BCUT2D eigenvalue weighted by atomic mass is 16.3. The van der Waals surface area contributed by atoms with Crippen molar-refractivity contribution in [1.29, 1.82) is 0 Å². The number of carbonyl (C=O) groups excluding carboxylic acids is 5. The summed E-state index contributed by atoms with van der Waals surface area (Å²) in [5.74, 6) is -0.759. The van der Waals surface area contributed by atoms with E-state index in [1.165, 1.54) is 38.5 Å². The lowest BCUT2D eigenvalue weighted by atomic mass is 9.73. The van der Waals surface area contributed by atoms with Gasteiger partial charge >= 0.3 is 0 Å². The number of ketones is 1. The average molecular weight is 989 g/mol. The Morgan fingerprint density at radius 3 is 1.67 bits per heavy atom. The number of nitrogens with zero attached hydrogens (tertiary/aromatic N) is 3. The maximum Gasteiger partial charge on any atom is 0.246 e. The van der Waals surface area contributed by atoms with Gasteiger partial charge in [-0.3, -0.25) is 24.0 Å². The Bertz CT molecular complexity index is 2390. The van der Waals surface area contributed by atoms with Crippen LogP contribution >= 0.6 is 0 Å². The number of aliphatic hydroxyl groups is 1. The summed E-state index contributed by atoms with van der Waals surface area (Å²) in [6, 6.07) is 5.16. The van der Waals surface area contributed by atoms with Crippen LogP contribution in [-0.2, 0) is 29.4 Å². The average Bonchev–Trinajstić information content (AvgIpc) is 3.64. The van der Waals surface area contributed by atoms with Gasteiger partial charge in [0.25, 0.3) is 0 Å². The van der Waals surface area contributed by atoms with Crippen LogP contribution in [0.2, 0.25) is 0 Å². The van der Waals surface area contributed by atoms with Crippen LogP contribution in [0, 0.1) is 5.41 Å². The van der Waals surface area contributed by atoms with E-state index >= 15 is 0 Å². The van der Waals surface area contributed by atoms with Gasteiger partial charge in [-0.2, -0.15) is 0 Å². The first kappa shape index (κ1) is 54.8. The van der Waals surface area contributed by atoms with Crippen LogP contribution < -0.4 is 20.9 Å². The van der Waals surface area contributed by atoms with Crippen LogP contribution in [0.25, 0.3) is 5.57 Å². The number of rotatable bonds is 20. The Morgan fingerprint density at radius 1 is 0.653 bits per heavy atom. The second-order valence-electron chi connectivity index (χ2n) is 23.7. The summed E-state index contributed by atoms with van der Waals surface area (Å²) in [7, 11) is 0. The summed E-state index contributed by atoms with van der Waals surface area (Å²) in [5.41, 5.74) is 5.41. The van der Waals surface area contributed by atoms with Crippen molar-refractivity contribution >= 4 is 52.1 Å². The van der Waals surface area contributed by atoms with E-state index in [9.17, 15) is 29.1 Å². The molecule has 0 bridgehead atoms. The lowest BCUT2D eigenvalue weighted by Gasteiger charge is -2.34. The fourth-order valence-electron chi connectivity index (χ4n) is 12.5. The van der Waals surface area contributed by atoms with Crippen molar-refractivity contribution in [2.24, 2.45) is 10.4 Å². The standard InChI is InChI=1S/C60H88N6O6/c1-37(2)65-39(5)59(7,8)45-33-43(47(35-49(45)65)63-53(69)31-23-13-11-21-29-51(67)61-41-25-17-15-18-26-41)55-57(71)56(58(55)72)44-34-46-50(66(38(3)4)40(6)60(46,9)10)36-48(44)64-54(70)32-24-14-12-22-30-52(68)62-42-27-19-16-20-28-42/h33-42,71H,11-32H2,1-10H3,(H,61,67)(H,62,68)(H,63,69). The summed E-state index contributed by atoms with van der Waals surface area (Å²) in [4.78, 5) is 77.1. The van der Waals surface area contributed by atoms with E-state index in [1.807, 2.05) is 24.3 Å². The van der Waals surface area contributed by atoms with Gasteiger partial charge in [0.15, 0.2) is 0 Å². The number of carbonyl (C=O) groups is 5. The van der Waals surface area contributed by atoms with Crippen LogP contribution in [0.5, 0.6) is 0 Å². The maximum atomic E-state index is 14.9. The minimum atomic E-state index is -0.360. The summed E-state index contributed by atoms with van der Waals surface area (Å²) in [6.45, 7) is 21.8. The predicted molar refractivity (Wildman–Crippen MR) is 291 cm³/mol. The number of hydrogen-bond donors (Lipinski definition) is 4. The number of nitrogens with one attached hydrogen (secondary N) is 3. The van der Waals surface area contributed by atoms with Crippen molar-refractivity contribution in [3.63, 3.8) is 0 Å². The molecule has 1 saturated heterocycles. The van der Waals surface area contributed by atoms with Gasteiger partial charge < -0.3 is 30.9 Å². The Balaban J connectivity index is 1.12. The SMILES string of the molecule is CC(C)N1C2=CC(=NC(=O)CCCCCCC(=O)NC3CCCCC3)C(=C3C(=O)C(c4cc5c(cc4NC(=O)CCCCCCC(=O)NC4CCCCC4)N(C(C)C)C(C)C5(C)C)=C3O)C=C2C(C)(C)C1C. The molecule has 12 heteroatoms. The largest absolute Gasteiger partial charge is 0.506 e. The van der Waals surface area contributed by atoms with Gasteiger partial charge in [-0.1, -0.05) is 91.9 Å². The maximum absolute atomic E-state index is 14.9. The zero-order chi connectivity index (χ0) is 52.1. The number of aliphatic imine (C=N–C) groups is 1. The molecule has 4 N–H and O–H groups in total. The normalized spacial score (nSPS) is 23.6. The number of aliphatic hydroxyl groups excluding tert-OH is 1. The third-order valence-corrected chi connectivity index (χ3v) is 17.3. The van der Waals surface area contributed by atoms with Crippen molar-refractivity contribution in [3.05, 3.63) is 63.6 Å². The second-order valence-corrected chi connectivity index (χ2v) is 23.7. The molecule has 2 aliphatic heterocycles. The highest BCUT2D eigenvalue weighted by molar-refractivity contribution is 6.42. The van der Waals surface area contributed by atoms with Crippen molar-refractivity contribution in [2.75, 3.05) is 10.2 Å². The van der Waals surface area contributed by atoms with E-state index in [0.717, 1.165) is 86.7 Å². The fourth-order valence-corrected chi connectivity index (χ4v) is 12.5. The van der Waals surface area contributed by atoms with E-state index in [-0.39, 0.29) is 94.2 Å². The molecule has 4 aliphatic carbocycles. The molecule has 2 heterocycles. The molecule has 72 heavy (non-hydrogen) atoms. The number of fused-ring (bicyclic) bond motifs is 2. The molecule has 4 amide bonds. The third kappa shape index (κ3) is 12.0. The molecule has 7 rings (SSSR count). The first-order valence-electron chi connectivity index (χ1n) is 28.1. The highest BCUT2D eigenvalue weighted by Crippen LogP contribution is 2.53. The Kier molecular flexibility index (Phi) is 17.9. The summed E-state index contributed by atoms with van der Waals surface area (Å²) >= 11 is 0. The smallest absolute Gasteiger partial charge is 0.246 e. The molecular formula is C60H88N6O6. The number of benzene rings is 1. The Morgan fingerprint density at radius 2 is 1.15 bits per heavy atom. The van der Waals surface area contributed by atoms with Crippen LogP contribution in [-0.4, -0.2) is 81.4 Å². The van der Waals surface area contributed by atoms with Crippen molar-refractivity contribution in [1.82, 2.24) is 15.5 Å². The predicted octanol–water partition coefficient (Wildman–Crippen LogP) is 12.2. The van der Waals surface area contributed by atoms with E-state index < -0.39 is 0 Å². The van der Waals surface area contributed by atoms with Crippen LogP contribution in [0.1, 0.15) is 222 Å². The Hall–Kier alpha value is -5.00. The molecule has 12 nitrogen and oxygen atoms in total. The summed E-state index contributed by atoms with van der Waals surface area (Å²) in [6.07, 6.45) is 23.1. The Labute approximate surface area is 431 Å². The molecular weight excluding hydrogens is 901 g/mol. The minimum Gasteiger partial charge on any atom is -0.506 e. The van der Waals surface area contributed by atoms with Crippen molar-refractivity contribution in [2.45, 2.75) is 252 Å². The monoisotopic (exact) mass is 989 g/mol. The van der Waals surface area contributed by atoms with Gasteiger partial charge in [0.2, 0.25) is 29.4 Å². The van der Waals surface area contributed by atoms with E-state index in [1.54, 1.807) is 0 Å². The number of amides is 4. The molecule has 394 valence electrons. The molecule has 6 aliphatic rings. The molecule has 0 aromatic heterocycles. The van der Waals surface area contributed by atoms with Gasteiger partial charge in [-0.15, -0.1) is 0 Å². The molecule has 3 fully saturated rings. The molecule has 1 aromatic carbocycles. The number of Topliss-reactive ketones (excluding diaryl/α,β-unsaturated/α-hetero) is 1. The van der Waals surface area contributed by atoms with E-state index in [2.05, 4.69) is 95.0 Å². The fraction of sp³-hybridized carbons (Fsp3) is 0.667. The molecule has 2 unspecified atom stereocenters. The quantitative estimate of drug-likeness (QED) is 0.0742. The molecule has 1 aromatic rings. The van der Waals surface area contributed by atoms with Crippen LogP contribution in [0.15, 0.2) is 57.5 Å². The van der Waals surface area contributed by atoms with Crippen LogP contribution in [0.4, 0.5) is 11.4 Å². The van der Waals surface area contributed by atoms with Gasteiger partial charge in [0.1, 0.15) is 5.76 Å². The summed E-state index contributed by atoms with van der Waals surface area (Å²) < 4.78 is 0. The molecule has 2 atom stereocenters. The number of anilines is 2. The van der Waals surface area contributed by atoms with E-state index in [4.69, 9.17) is 4.99 Å². The lowest BCUT2D eigenvalue weighted by Crippen LogP contribution is -2.42. The van der Waals surface area contributed by atoms with Crippen molar-refractivity contribution < 1.29 is 29.1 Å². The van der Waals surface area contributed by atoms with E-state index in [0.29, 0.717) is 60.3 Å². The van der Waals surface area contributed by atoms with Gasteiger partial charge in [-0.25, -0.2) is 4.99 Å². The molecule has 0 spiro atoms. The minimum absolute atomic E-state index is 0.115. The number of likely N-dealkylation sites (tertiary alicyclic amines) is 1. The topological polar surface area (TPSA) is 161 Å². The first-order valence-corrected chi connectivity index (χ1v) is 28.1. The van der Waals surface area contributed by atoms with Crippen molar-refractivity contribution in [3.8, 4) is 0 Å². The zero-order valence-corrected chi connectivity index (χ0v) is 45.7. The molecule has 0 radical (unpaired) electrons. The first-order chi connectivity index (χ1) is 34.2. The second kappa shape index (κ2) is 23.5. The van der Waals surface area contributed by atoms with Gasteiger partial charge in [-0.05, 0) is 128 Å². The number of hydrogen-bond acceptors (Lipinski definition) is 8. The third-order valence-electron chi connectivity index (χ3n) is 17.3. The lowest BCUT2D eigenvalue weighted by molar-refractivity contribution is -0.123. The molecule has 2 saturated carbocycles.